The Hall–Kier alpha value is -1.72. The van der Waals surface area contributed by atoms with Gasteiger partial charge in [0, 0.05) is 0 Å². The van der Waals surface area contributed by atoms with Gasteiger partial charge >= 0.3 is 12.3 Å². The standard InChI is InChI=1S/C12H13F3O3/c1-2-8(7-11(16)17)9-3-5-10(6-4-9)18-12(13,14)15/h3-6,8H,2,7H2,1H3,(H,16,17). The summed E-state index contributed by atoms with van der Waals surface area (Å²) in [7, 11) is 0. The molecular formula is C12H13F3O3. The Bertz CT molecular complexity index is 398. The Labute approximate surface area is 102 Å². The van der Waals surface area contributed by atoms with Crippen molar-refractivity contribution in [1.82, 2.24) is 0 Å². The van der Waals surface area contributed by atoms with Crippen LogP contribution in [-0.2, 0) is 4.79 Å². The molecule has 1 unspecified atom stereocenters. The molecule has 0 saturated carbocycles. The molecule has 0 saturated heterocycles. The molecule has 18 heavy (non-hydrogen) atoms. The largest absolute Gasteiger partial charge is 0.573 e. The van der Waals surface area contributed by atoms with E-state index in [0.29, 0.717) is 12.0 Å². The highest BCUT2D eigenvalue weighted by Crippen LogP contribution is 2.27. The Kier molecular flexibility index (Phi) is 4.58. The predicted octanol–water partition coefficient (Wildman–Crippen LogP) is 3.55. The maximum absolute atomic E-state index is 11.9. The van der Waals surface area contributed by atoms with Crippen LogP contribution < -0.4 is 4.74 Å². The molecule has 6 heteroatoms. The summed E-state index contributed by atoms with van der Waals surface area (Å²) >= 11 is 0. The van der Waals surface area contributed by atoms with Gasteiger partial charge in [0.25, 0.3) is 0 Å². The van der Waals surface area contributed by atoms with E-state index in [4.69, 9.17) is 5.11 Å². The lowest BCUT2D eigenvalue weighted by molar-refractivity contribution is -0.274. The molecule has 0 aromatic heterocycles. The van der Waals surface area contributed by atoms with Gasteiger partial charge in [0.1, 0.15) is 5.75 Å². The van der Waals surface area contributed by atoms with Crippen LogP contribution in [-0.4, -0.2) is 17.4 Å². The molecule has 1 atom stereocenters. The molecule has 0 fully saturated rings. The molecule has 0 heterocycles. The number of rotatable bonds is 5. The smallest absolute Gasteiger partial charge is 0.481 e. The lowest BCUT2D eigenvalue weighted by atomic mass is 9.93. The Balaban J connectivity index is 2.77. The average molecular weight is 262 g/mol. The third-order valence-electron chi connectivity index (χ3n) is 2.50. The Morgan fingerprint density at radius 2 is 1.89 bits per heavy atom. The molecule has 1 aromatic rings. The number of benzene rings is 1. The highest BCUT2D eigenvalue weighted by atomic mass is 19.4. The van der Waals surface area contributed by atoms with Gasteiger partial charge in [0.05, 0.1) is 6.42 Å². The van der Waals surface area contributed by atoms with E-state index in [1.807, 2.05) is 6.92 Å². The molecule has 100 valence electrons. The fourth-order valence-corrected chi connectivity index (χ4v) is 1.65. The summed E-state index contributed by atoms with van der Waals surface area (Å²) in [6, 6.07) is 5.29. The van der Waals surface area contributed by atoms with Crippen LogP contribution >= 0.6 is 0 Å². The van der Waals surface area contributed by atoms with Gasteiger partial charge in [-0.25, -0.2) is 0 Å². The molecule has 0 bridgehead atoms. The zero-order valence-corrected chi connectivity index (χ0v) is 9.70. The molecule has 0 spiro atoms. The number of aliphatic carboxylic acids is 1. The van der Waals surface area contributed by atoms with Crippen LogP contribution in [0.3, 0.4) is 0 Å². The summed E-state index contributed by atoms with van der Waals surface area (Å²) in [6.07, 6.45) is -4.16. The minimum Gasteiger partial charge on any atom is -0.481 e. The Morgan fingerprint density at radius 3 is 2.28 bits per heavy atom. The summed E-state index contributed by atoms with van der Waals surface area (Å²) in [6.45, 7) is 1.83. The minimum absolute atomic E-state index is 0.0457. The quantitative estimate of drug-likeness (QED) is 0.882. The zero-order chi connectivity index (χ0) is 13.8. The van der Waals surface area contributed by atoms with Crippen LogP contribution in [0, 0.1) is 0 Å². The summed E-state index contributed by atoms with van der Waals surface area (Å²) in [4.78, 5) is 10.6. The molecule has 1 aromatic carbocycles. The van der Waals surface area contributed by atoms with Crippen LogP contribution in [0.2, 0.25) is 0 Å². The lowest BCUT2D eigenvalue weighted by Gasteiger charge is -2.14. The van der Waals surface area contributed by atoms with Gasteiger partial charge in [-0.2, -0.15) is 0 Å². The topological polar surface area (TPSA) is 46.5 Å². The third-order valence-corrected chi connectivity index (χ3v) is 2.50. The molecule has 3 nitrogen and oxygen atoms in total. The SMILES string of the molecule is CCC(CC(=O)O)c1ccc(OC(F)(F)F)cc1. The van der Waals surface area contributed by atoms with Crippen molar-refractivity contribution < 1.29 is 27.8 Å². The van der Waals surface area contributed by atoms with Gasteiger partial charge in [0.2, 0.25) is 0 Å². The first-order chi connectivity index (χ1) is 8.31. The van der Waals surface area contributed by atoms with Crippen LogP contribution in [0.15, 0.2) is 24.3 Å². The summed E-state index contributed by atoms with van der Waals surface area (Å²) in [5.41, 5.74) is 0.689. The van der Waals surface area contributed by atoms with Crippen LogP contribution in [0.1, 0.15) is 31.2 Å². The molecule has 0 aliphatic heterocycles. The first kappa shape index (κ1) is 14.3. The van der Waals surface area contributed by atoms with Gasteiger partial charge in [0.15, 0.2) is 0 Å². The van der Waals surface area contributed by atoms with Gasteiger partial charge < -0.3 is 9.84 Å². The van der Waals surface area contributed by atoms with Gasteiger partial charge in [-0.15, -0.1) is 13.2 Å². The van der Waals surface area contributed by atoms with E-state index in [9.17, 15) is 18.0 Å². The summed E-state index contributed by atoms with van der Waals surface area (Å²) < 4.78 is 39.6. The third kappa shape index (κ3) is 4.65. The number of carboxylic acids is 1. The van der Waals surface area contributed by atoms with Crippen molar-refractivity contribution in [2.75, 3.05) is 0 Å². The maximum Gasteiger partial charge on any atom is 0.573 e. The number of ether oxygens (including phenoxy) is 1. The monoisotopic (exact) mass is 262 g/mol. The maximum atomic E-state index is 11.9. The van der Waals surface area contributed by atoms with Crippen molar-refractivity contribution in [3.05, 3.63) is 29.8 Å². The van der Waals surface area contributed by atoms with Gasteiger partial charge in [-0.05, 0) is 30.0 Å². The molecule has 1 rings (SSSR count). The highest BCUT2D eigenvalue weighted by molar-refractivity contribution is 5.68. The van der Waals surface area contributed by atoms with Crippen LogP contribution in [0.4, 0.5) is 13.2 Å². The normalized spacial score (nSPS) is 13.1. The second-order valence-corrected chi connectivity index (χ2v) is 3.82. The lowest BCUT2D eigenvalue weighted by Crippen LogP contribution is -2.17. The van der Waals surface area contributed by atoms with E-state index in [2.05, 4.69) is 4.74 Å². The molecule has 0 radical (unpaired) electrons. The van der Waals surface area contributed by atoms with Crippen molar-refractivity contribution in [2.45, 2.75) is 32.0 Å². The second kappa shape index (κ2) is 5.75. The second-order valence-electron chi connectivity index (χ2n) is 3.82. The average Bonchev–Trinajstić information content (AvgIpc) is 2.24. The Morgan fingerprint density at radius 1 is 1.33 bits per heavy atom. The first-order valence-electron chi connectivity index (χ1n) is 5.39. The predicted molar refractivity (Wildman–Crippen MR) is 58.4 cm³/mol. The van der Waals surface area contributed by atoms with E-state index in [1.54, 1.807) is 0 Å². The number of carboxylic acid groups (broad SMARTS) is 1. The number of halogens is 3. The summed E-state index contributed by atoms with van der Waals surface area (Å²) in [5.74, 6) is -1.45. The van der Waals surface area contributed by atoms with Crippen molar-refractivity contribution in [3.63, 3.8) is 0 Å². The van der Waals surface area contributed by atoms with Crippen molar-refractivity contribution >= 4 is 5.97 Å². The fraction of sp³-hybridized carbons (Fsp3) is 0.417. The fourth-order valence-electron chi connectivity index (χ4n) is 1.65. The minimum atomic E-state index is -4.72. The van der Waals surface area contributed by atoms with Gasteiger partial charge in [-0.1, -0.05) is 19.1 Å². The first-order valence-corrected chi connectivity index (χ1v) is 5.39. The van der Waals surface area contributed by atoms with Gasteiger partial charge in [-0.3, -0.25) is 4.79 Å². The molecule has 1 N–H and O–H groups in total. The van der Waals surface area contributed by atoms with E-state index in [1.165, 1.54) is 24.3 Å². The van der Waals surface area contributed by atoms with E-state index in [0.717, 1.165) is 0 Å². The number of carbonyl (C=O) groups is 1. The van der Waals surface area contributed by atoms with Crippen molar-refractivity contribution in [2.24, 2.45) is 0 Å². The number of hydrogen-bond donors (Lipinski definition) is 1. The van der Waals surface area contributed by atoms with Crippen molar-refractivity contribution in [1.29, 1.82) is 0 Å². The van der Waals surface area contributed by atoms with Crippen molar-refractivity contribution in [3.8, 4) is 5.75 Å². The molecular weight excluding hydrogens is 249 g/mol. The van der Waals surface area contributed by atoms with Crippen LogP contribution in [0.5, 0.6) is 5.75 Å². The summed E-state index contributed by atoms with van der Waals surface area (Å²) in [5, 5.41) is 8.71. The van der Waals surface area contributed by atoms with E-state index in [-0.39, 0.29) is 18.1 Å². The van der Waals surface area contributed by atoms with E-state index >= 15 is 0 Å². The molecule has 0 aliphatic carbocycles. The molecule has 0 amide bonds. The zero-order valence-electron chi connectivity index (χ0n) is 9.70. The number of hydrogen-bond acceptors (Lipinski definition) is 2. The highest BCUT2D eigenvalue weighted by Gasteiger charge is 2.31. The van der Waals surface area contributed by atoms with E-state index < -0.39 is 12.3 Å². The molecule has 0 aliphatic rings. The van der Waals surface area contributed by atoms with Crippen LogP contribution in [0.25, 0.3) is 0 Å². The number of alkyl halides is 3.